The minimum atomic E-state index is -0.150. The van der Waals surface area contributed by atoms with E-state index in [-0.39, 0.29) is 12.5 Å². The summed E-state index contributed by atoms with van der Waals surface area (Å²) in [6.45, 7) is 0.469. The zero-order chi connectivity index (χ0) is 19.1. The Bertz CT molecular complexity index is 898. The molecule has 27 heavy (non-hydrogen) atoms. The summed E-state index contributed by atoms with van der Waals surface area (Å²) < 4.78 is 6.48. The summed E-state index contributed by atoms with van der Waals surface area (Å²) in [4.78, 5) is 13.3. The number of nitrogens with one attached hydrogen (secondary N) is 1. The molecule has 0 atom stereocenters. The number of carbonyl (C=O) groups is 1. The average molecular weight is 442 g/mol. The van der Waals surface area contributed by atoms with Gasteiger partial charge in [0, 0.05) is 11.4 Å². The molecule has 0 saturated heterocycles. The summed E-state index contributed by atoms with van der Waals surface area (Å²) in [5.41, 5.74) is 3.29. The third-order valence-electron chi connectivity index (χ3n) is 4.05. The summed E-state index contributed by atoms with van der Waals surface area (Å²) in [5, 5.41) is 2.88. The highest BCUT2D eigenvalue weighted by Crippen LogP contribution is 2.30. The molecule has 0 spiro atoms. The number of hydrogen-bond donors (Lipinski definition) is 1. The second-order valence-electron chi connectivity index (χ2n) is 5.92. The molecule has 0 aliphatic rings. The molecule has 0 fully saturated rings. The van der Waals surface area contributed by atoms with Crippen LogP contribution in [-0.2, 0) is 11.3 Å². The van der Waals surface area contributed by atoms with Crippen molar-refractivity contribution in [2.75, 3.05) is 12.9 Å². The number of benzene rings is 3. The Labute approximate surface area is 172 Å². The molecule has 5 heteroatoms. The molecular formula is C22H20BrNO2S. The normalized spacial score (nSPS) is 10.4. The van der Waals surface area contributed by atoms with Gasteiger partial charge in [0.05, 0.1) is 4.47 Å². The van der Waals surface area contributed by atoms with E-state index in [0.29, 0.717) is 12.3 Å². The number of amides is 1. The monoisotopic (exact) mass is 441 g/mol. The first kappa shape index (κ1) is 19.5. The van der Waals surface area contributed by atoms with Crippen molar-refractivity contribution in [2.45, 2.75) is 11.4 Å². The van der Waals surface area contributed by atoms with E-state index in [1.165, 1.54) is 4.90 Å². The lowest BCUT2D eigenvalue weighted by molar-refractivity contribution is -0.123. The number of rotatable bonds is 7. The van der Waals surface area contributed by atoms with Crippen LogP contribution in [0.5, 0.6) is 5.75 Å². The largest absolute Gasteiger partial charge is 0.483 e. The van der Waals surface area contributed by atoms with Crippen molar-refractivity contribution in [2.24, 2.45) is 0 Å². The maximum atomic E-state index is 12.1. The van der Waals surface area contributed by atoms with Gasteiger partial charge >= 0.3 is 0 Å². The molecule has 0 aliphatic heterocycles. The highest BCUT2D eigenvalue weighted by atomic mass is 79.9. The van der Waals surface area contributed by atoms with E-state index in [1.54, 1.807) is 11.8 Å². The van der Waals surface area contributed by atoms with E-state index in [4.69, 9.17) is 4.74 Å². The molecule has 0 unspecified atom stereocenters. The molecule has 0 aromatic heterocycles. The van der Waals surface area contributed by atoms with Crippen LogP contribution in [0.2, 0.25) is 0 Å². The summed E-state index contributed by atoms with van der Waals surface area (Å²) in [5.74, 6) is 0.497. The number of hydrogen-bond acceptors (Lipinski definition) is 3. The Morgan fingerprint density at radius 2 is 1.74 bits per heavy atom. The lowest BCUT2D eigenvalue weighted by Gasteiger charge is -2.11. The van der Waals surface area contributed by atoms with Gasteiger partial charge in [0.1, 0.15) is 5.75 Å². The Hall–Kier alpha value is -2.24. The number of halogens is 1. The van der Waals surface area contributed by atoms with E-state index in [2.05, 4.69) is 33.4 Å². The molecule has 0 saturated carbocycles. The van der Waals surface area contributed by atoms with Gasteiger partial charge in [-0.3, -0.25) is 4.79 Å². The van der Waals surface area contributed by atoms with Crippen molar-refractivity contribution < 1.29 is 9.53 Å². The lowest BCUT2D eigenvalue weighted by Crippen LogP contribution is -2.28. The van der Waals surface area contributed by atoms with Crippen LogP contribution in [0.4, 0.5) is 0 Å². The maximum absolute atomic E-state index is 12.1. The van der Waals surface area contributed by atoms with Crippen LogP contribution >= 0.6 is 27.7 Å². The van der Waals surface area contributed by atoms with Crippen molar-refractivity contribution in [1.82, 2.24) is 5.32 Å². The zero-order valence-corrected chi connectivity index (χ0v) is 17.3. The lowest BCUT2D eigenvalue weighted by atomic mass is 10.1. The van der Waals surface area contributed by atoms with Crippen LogP contribution in [0.3, 0.4) is 0 Å². The fraction of sp³-hybridized carbons (Fsp3) is 0.136. The fourth-order valence-electron chi connectivity index (χ4n) is 2.57. The zero-order valence-electron chi connectivity index (χ0n) is 14.9. The van der Waals surface area contributed by atoms with Crippen LogP contribution in [0.25, 0.3) is 11.1 Å². The topological polar surface area (TPSA) is 38.3 Å². The Morgan fingerprint density at radius 3 is 2.41 bits per heavy atom. The Balaban J connectivity index is 1.52. The van der Waals surface area contributed by atoms with Crippen LogP contribution in [0.1, 0.15) is 5.56 Å². The van der Waals surface area contributed by atoms with E-state index in [9.17, 15) is 4.79 Å². The van der Waals surface area contributed by atoms with Crippen molar-refractivity contribution >= 4 is 33.6 Å². The van der Waals surface area contributed by atoms with E-state index in [0.717, 1.165) is 21.2 Å². The second-order valence-corrected chi connectivity index (χ2v) is 7.66. The van der Waals surface area contributed by atoms with E-state index >= 15 is 0 Å². The summed E-state index contributed by atoms with van der Waals surface area (Å²) in [7, 11) is 0. The predicted molar refractivity (Wildman–Crippen MR) is 115 cm³/mol. The van der Waals surface area contributed by atoms with Crippen molar-refractivity contribution in [3.63, 3.8) is 0 Å². The predicted octanol–water partition coefficient (Wildman–Crippen LogP) is 5.53. The van der Waals surface area contributed by atoms with Crippen LogP contribution in [0, 0.1) is 0 Å². The van der Waals surface area contributed by atoms with Gasteiger partial charge < -0.3 is 10.1 Å². The molecule has 3 nitrogen and oxygen atoms in total. The first-order chi connectivity index (χ1) is 13.2. The highest BCUT2D eigenvalue weighted by Gasteiger charge is 2.07. The molecule has 0 heterocycles. The molecule has 3 rings (SSSR count). The molecule has 138 valence electrons. The third kappa shape index (κ3) is 5.62. The van der Waals surface area contributed by atoms with E-state index in [1.807, 2.05) is 66.9 Å². The van der Waals surface area contributed by atoms with Crippen LogP contribution < -0.4 is 10.1 Å². The molecule has 3 aromatic rings. The van der Waals surface area contributed by atoms with E-state index < -0.39 is 0 Å². The molecule has 1 N–H and O–H groups in total. The van der Waals surface area contributed by atoms with Gasteiger partial charge in [-0.1, -0.05) is 48.5 Å². The van der Waals surface area contributed by atoms with Gasteiger partial charge in [0.2, 0.25) is 0 Å². The van der Waals surface area contributed by atoms with Gasteiger partial charge in [-0.25, -0.2) is 0 Å². The van der Waals surface area contributed by atoms with Gasteiger partial charge in [0.15, 0.2) is 6.61 Å². The number of ether oxygens (including phenoxy) is 1. The summed E-state index contributed by atoms with van der Waals surface area (Å²) in [6, 6.07) is 24.1. The summed E-state index contributed by atoms with van der Waals surface area (Å²) in [6.07, 6.45) is 2.04. The van der Waals surface area contributed by atoms with Crippen LogP contribution in [-0.4, -0.2) is 18.8 Å². The van der Waals surface area contributed by atoms with Gasteiger partial charge in [0.25, 0.3) is 5.91 Å². The SMILES string of the molecule is CSc1ccc(CNC(=O)COc2ccc(-c3ccccc3)cc2Br)cc1. The molecular weight excluding hydrogens is 422 g/mol. The standard InChI is InChI=1S/C22H20BrNO2S/c1-27-19-10-7-16(8-11-19)14-24-22(25)15-26-21-12-9-18(13-20(21)23)17-5-3-2-4-6-17/h2-13H,14-15H2,1H3,(H,24,25). The fourth-order valence-corrected chi connectivity index (χ4v) is 3.47. The first-order valence-electron chi connectivity index (χ1n) is 8.53. The minimum Gasteiger partial charge on any atom is -0.483 e. The van der Waals surface area contributed by atoms with Crippen LogP contribution in [0.15, 0.2) is 82.2 Å². The molecule has 0 aliphatic carbocycles. The second kappa shape index (κ2) is 9.62. The maximum Gasteiger partial charge on any atom is 0.258 e. The van der Waals surface area contributed by atoms with Gasteiger partial charge in [-0.15, -0.1) is 11.8 Å². The molecule has 3 aromatic carbocycles. The smallest absolute Gasteiger partial charge is 0.258 e. The van der Waals surface area contributed by atoms with Crippen molar-refractivity contribution in [1.29, 1.82) is 0 Å². The highest BCUT2D eigenvalue weighted by molar-refractivity contribution is 9.10. The van der Waals surface area contributed by atoms with Crippen molar-refractivity contribution in [3.8, 4) is 16.9 Å². The third-order valence-corrected chi connectivity index (χ3v) is 5.41. The molecule has 0 radical (unpaired) electrons. The minimum absolute atomic E-state index is 0.0216. The van der Waals surface area contributed by atoms with Gasteiger partial charge in [-0.2, -0.15) is 0 Å². The molecule has 0 bridgehead atoms. The van der Waals surface area contributed by atoms with Gasteiger partial charge in [-0.05, 0) is 63.1 Å². The Morgan fingerprint density at radius 1 is 1.00 bits per heavy atom. The number of thioether (sulfide) groups is 1. The average Bonchev–Trinajstić information content (AvgIpc) is 2.72. The molecule has 1 amide bonds. The number of carbonyl (C=O) groups excluding carboxylic acids is 1. The first-order valence-corrected chi connectivity index (χ1v) is 10.5. The Kier molecular flexibility index (Phi) is 6.96. The summed E-state index contributed by atoms with van der Waals surface area (Å²) >= 11 is 5.22. The van der Waals surface area contributed by atoms with Crippen molar-refractivity contribution in [3.05, 3.63) is 82.8 Å². The quantitative estimate of drug-likeness (QED) is 0.489.